The summed E-state index contributed by atoms with van der Waals surface area (Å²) in [6.45, 7) is 0.609. The van der Waals surface area contributed by atoms with Gasteiger partial charge in [-0.1, -0.05) is 23.5 Å². The van der Waals surface area contributed by atoms with Gasteiger partial charge in [-0.15, -0.1) is 0 Å². The number of halogens is 1. The Morgan fingerprint density at radius 3 is 2.81 bits per heavy atom. The molecule has 0 saturated carbocycles. The van der Waals surface area contributed by atoms with Crippen molar-refractivity contribution in [3.8, 4) is 0 Å². The van der Waals surface area contributed by atoms with Crippen molar-refractivity contribution in [2.45, 2.75) is 13.0 Å². The number of carbonyl (C=O) groups excluding carboxylic acids is 1. The van der Waals surface area contributed by atoms with Gasteiger partial charge in [0.05, 0.1) is 20.7 Å². The number of carbonyl (C=O) groups is 1. The van der Waals surface area contributed by atoms with Crippen LogP contribution in [0.15, 0.2) is 47.3 Å². The van der Waals surface area contributed by atoms with Crippen LogP contribution >= 0.6 is 11.3 Å². The molecule has 0 aliphatic heterocycles. The SMILES string of the molecule is O=C(NCCCn1c(=O)sc2ccccc21)c1cc([N+](=O)[O-])ccc1F. The number of aryl methyl sites for hydroxylation is 1. The van der Waals surface area contributed by atoms with Gasteiger partial charge in [0, 0.05) is 25.2 Å². The molecule has 0 saturated heterocycles. The zero-order chi connectivity index (χ0) is 18.7. The summed E-state index contributed by atoms with van der Waals surface area (Å²) < 4.78 is 16.2. The fourth-order valence-electron chi connectivity index (χ4n) is 2.56. The van der Waals surface area contributed by atoms with Crippen LogP contribution in [0.3, 0.4) is 0 Å². The van der Waals surface area contributed by atoms with Gasteiger partial charge in [0.25, 0.3) is 11.6 Å². The van der Waals surface area contributed by atoms with Gasteiger partial charge in [-0.2, -0.15) is 0 Å². The molecule has 0 aliphatic rings. The summed E-state index contributed by atoms with van der Waals surface area (Å²) in [5.74, 6) is -1.55. The number of fused-ring (bicyclic) bond motifs is 1. The van der Waals surface area contributed by atoms with Crippen LogP contribution in [0.5, 0.6) is 0 Å². The predicted octanol–water partition coefficient (Wildman–Crippen LogP) is 2.93. The molecule has 0 unspecified atom stereocenters. The molecule has 134 valence electrons. The van der Waals surface area contributed by atoms with Crippen molar-refractivity contribution in [2.24, 2.45) is 0 Å². The number of aromatic nitrogens is 1. The zero-order valence-corrected chi connectivity index (χ0v) is 14.3. The molecule has 1 amide bonds. The van der Waals surface area contributed by atoms with Crippen molar-refractivity contribution in [3.05, 3.63) is 73.6 Å². The highest BCUT2D eigenvalue weighted by molar-refractivity contribution is 7.16. The number of nitro groups is 1. The van der Waals surface area contributed by atoms with Crippen LogP contribution in [0, 0.1) is 15.9 Å². The van der Waals surface area contributed by atoms with E-state index in [4.69, 9.17) is 0 Å². The Labute approximate surface area is 150 Å². The number of hydrogen-bond acceptors (Lipinski definition) is 5. The topological polar surface area (TPSA) is 94.2 Å². The molecular formula is C17H14FN3O4S. The molecule has 9 heteroatoms. The third-order valence-electron chi connectivity index (χ3n) is 3.82. The highest BCUT2D eigenvalue weighted by Gasteiger charge is 2.16. The van der Waals surface area contributed by atoms with Crippen molar-refractivity contribution in [3.63, 3.8) is 0 Å². The molecular weight excluding hydrogens is 361 g/mol. The number of non-ortho nitro benzene ring substituents is 1. The van der Waals surface area contributed by atoms with E-state index in [1.165, 1.54) is 0 Å². The molecule has 0 atom stereocenters. The number of amides is 1. The number of nitrogens with one attached hydrogen (secondary N) is 1. The third-order valence-corrected chi connectivity index (χ3v) is 4.78. The molecule has 26 heavy (non-hydrogen) atoms. The van der Waals surface area contributed by atoms with E-state index >= 15 is 0 Å². The molecule has 0 fully saturated rings. The number of nitro benzene ring substituents is 1. The van der Waals surface area contributed by atoms with Gasteiger partial charge in [-0.3, -0.25) is 24.3 Å². The highest BCUT2D eigenvalue weighted by Crippen LogP contribution is 2.17. The first-order valence-corrected chi connectivity index (χ1v) is 8.59. The van der Waals surface area contributed by atoms with Gasteiger partial charge in [-0.25, -0.2) is 4.39 Å². The quantitative estimate of drug-likeness (QED) is 0.407. The number of nitrogens with zero attached hydrogens (tertiary/aromatic N) is 2. The Hall–Kier alpha value is -3.07. The van der Waals surface area contributed by atoms with Gasteiger partial charge < -0.3 is 5.32 Å². The van der Waals surface area contributed by atoms with Crippen molar-refractivity contribution >= 4 is 33.1 Å². The van der Waals surface area contributed by atoms with E-state index in [1.54, 1.807) is 4.57 Å². The number of hydrogen-bond donors (Lipinski definition) is 1. The van der Waals surface area contributed by atoms with E-state index in [0.29, 0.717) is 13.0 Å². The summed E-state index contributed by atoms with van der Waals surface area (Å²) in [5.41, 5.74) is 0.101. The van der Waals surface area contributed by atoms with Gasteiger partial charge in [-0.05, 0) is 24.6 Å². The lowest BCUT2D eigenvalue weighted by Gasteiger charge is -2.07. The van der Waals surface area contributed by atoms with Gasteiger partial charge in [0.2, 0.25) is 0 Å². The molecule has 1 aromatic heterocycles. The molecule has 3 rings (SSSR count). The summed E-state index contributed by atoms with van der Waals surface area (Å²) in [4.78, 5) is 34.0. The molecule has 0 spiro atoms. The molecule has 0 bridgehead atoms. The van der Waals surface area contributed by atoms with Crippen LogP contribution < -0.4 is 10.2 Å². The summed E-state index contributed by atoms with van der Waals surface area (Å²) in [6, 6.07) is 10.2. The van der Waals surface area contributed by atoms with Gasteiger partial charge >= 0.3 is 4.87 Å². The van der Waals surface area contributed by atoms with E-state index in [-0.39, 0.29) is 22.7 Å². The maximum Gasteiger partial charge on any atom is 0.308 e. The molecule has 3 aromatic rings. The minimum absolute atomic E-state index is 0.0812. The lowest BCUT2D eigenvalue weighted by atomic mass is 10.1. The first-order chi connectivity index (χ1) is 12.5. The summed E-state index contributed by atoms with van der Waals surface area (Å²) >= 11 is 1.15. The molecule has 0 radical (unpaired) electrons. The molecule has 1 heterocycles. The zero-order valence-electron chi connectivity index (χ0n) is 13.5. The summed E-state index contributed by atoms with van der Waals surface area (Å²) in [5, 5.41) is 13.3. The van der Waals surface area contributed by atoms with Gasteiger partial charge in [0.15, 0.2) is 0 Å². The van der Waals surface area contributed by atoms with E-state index in [0.717, 1.165) is 39.8 Å². The van der Waals surface area contributed by atoms with E-state index in [1.807, 2.05) is 24.3 Å². The smallest absolute Gasteiger partial charge is 0.308 e. The van der Waals surface area contributed by atoms with Crippen molar-refractivity contribution in [2.75, 3.05) is 6.54 Å². The van der Waals surface area contributed by atoms with E-state index in [2.05, 4.69) is 5.32 Å². The van der Waals surface area contributed by atoms with Crippen molar-refractivity contribution < 1.29 is 14.1 Å². The minimum atomic E-state index is -0.826. The highest BCUT2D eigenvalue weighted by atomic mass is 32.1. The fraction of sp³-hybridized carbons (Fsp3) is 0.176. The Morgan fingerprint density at radius 1 is 1.27 bits per heavy atom. The largest absolute Gasteiger partial charge is 0.352 e. The molecule has 0 aliphatic carbocycles. The third kappa shape index (κ3) is 3.62. The predicted molar refractivity (Wildman–Crippen MR) is 96.1 cm³/mol. The first kappa shape index (κ1) is 17.7. The molecule has 2 aromatic carbocycles. The summed E-state index contributed by atoms with van der Waals surface area (Å²) in [6.07, 6.45) is 0.461. The maximum absolute atomic E-state index is 13.7. The van der Waals surface area contributed by atoms with Crippen LogP contribution in [0.1, 0.15) is 16.8 Å². The lowest BCUT2D eigenvalue weighted by Crippen LogP contribution is -2.27. The monoisotopic (exact) mass is 375 g/mol. The van der Waals surface area contributed by atoms with Crippen LogP contribution in [0.2, 0.25) is 0 Å². The first-order valence-electron chi connectivity index (χ1n) is 7.78. The standard InChI is InChI=1S/C17H14FN3O4S/c18-13-7-6-11(21(24)25)10-12(13)16(22)19-8-3-9-20-14-4-1-2-5-15(14)26-17(20)23/h1-2,4-7,10H,3,8-9H2,(H,19,22). The summed E-state index contributed by atoms with van der Waals surface area (Å²) in [7, 11) is 0. The average Bonchev–Trinajstić information content (AvgIpc) is 2.94. The second kappa shape index (κ2) is 7.44. The van der Waals surface area contributed by atoms with Crippen LogP contribution in [0.4, 0.5) is 10.1 Å². The normalized spacial score (nSPS) is 10.8. The van der Waals surface area contributed by atoms with Crippen LogP contribution in [0.25, 0.3) is 10.2 Å². The molecule has 7 nitrogen and oxygen atoms in total. The minimum Gasteiger partial charge on any atom is -0.352 e. The molecule has 1 N–H and O–H groups in total. The van der Waals surface area contributed by atoms with E-state index < -0.39 is 16.6 Å². The fourth-order valence-corrected chi connectivity index (χ4v) is 3.48. The Kier molecular flexibility index (Phi) is 5.08. The van der Waals surface area contributed by atoms with Crippen LogP contribution in [-0.4, -0.2) is 21.9 Å². The number of rotatable bonds is 6. The Morgan fingerprint density at radius 2 is 2.04 bits per heavy atom. The average molecular weight is 375 g/mol. The second-order valence-electron chi connectivity index (χ2n) is 5.52. The maximum atomic E-state index is 13.7. The number of thiazole rings is 1. The lowest BCUT2D eigenvalue weighted by molar-refractivity contribution is -0.384. The number of para-hydroxylation sites is 1. The van der Waals surface area contributed by atoms with Gasteiger partial charge in [0.1, 0.15) is 5.82 Å². The Balaban J connectivity index is 1.62. The number of benzene rings is 2. The van der Waals surface area contributed by atoms with E-state index in [9.17, 15) is 24.1 Å². The Bertz CT molecular complexity index is 1040. The second-order valence-corrected chi connectivity index (χ2v) is 6.51. The van der Waals surface area contributed by atoms with Crippen molar-refractivity contribution in [1.82, 2.24) is 9.88 Å². The van der Waals surface area contributed by atoms with Crippen LogP contribution in [-0.2, 0) is 6.54 Å². The van der Waals surface area contributed by atoms with Crippen molar-refractivity contribution in [1.29, 1.82) is 0 Å².